The minimum atomic E-state index is -0.0110. The quantitative estimate of drug-likeness (QED) is 0.237. The predicted molar refractivity (Wildman–Crippen MR) is 144 cm³/mol. The molecule has 9 heteroatoms. The molecule has 5 aromatic heterocycles. The van der Waals surface area contributed by atoms with Gasteiger partial charge in [0.2, 0.25) is 5.91 Å². The Morgan fingerprint density at radius 2 is 1.97 bits per heavy atom. The number of hydrogen-bond donors (Lipinski definition) is 3. The Kier molecular flexibility index (Phi) is 5.74. The Labute approximate surface area is 210 Å². The first-order valence-corrected chi connectivity index (χ1v) is 12.7. The van der Waals surface area contributed by atoms with E-state index < -0.39 is 0 Å². The first-order valence-electron chi connectivity index (χ1n) is 11.8. The molecule has 36 heavy (non-hydrogen) atoms. The number of pyridine rings is 2. The lowest BCUT2D eigenvalue weighted by Gasteiger charge is -2.07. The maximum Gasteiger partial charge on any atom is 0.224 e. The molecule has 8 nitrogen and oxygen atoms in total. The standard InChI is InChI=1S/C27H23N7OS/c1-2-3-9-23(35)29-17-13-16(14-28-15-17)19-10-11-21-25(30-19)26(34-33-21)27-31-20-7-4-6-18(24(20)32-27)22-8-5-12-36-22/h4-8,10-15H,2-3,9H2,1H3,(H,29,35)(H,31,32)(H,33,34). The van der Waals surface area contributed by atoms with Gasteiger partial charge in [-0.1, -0.05) is 31.5 Å². The van der Waals surface area contributed by atoms with Gasteiger partial charge in [0.15, 0.2) is 11.5 Å². The van der Waals surface area contributed by atoms with Crippen LogP contribution in [0.4, 0.5) is 5.69 Å². The van der Waals surface area contributed by atoms with Crippen LogP contribution in [-0.4, -0.2) is 36.0 Å². The first-order chi connectivity index (χ1) is 17.7. The van der Waals surface area contributed by atoms with Crippen LogP contribution in [0.2, 0.25) is 0 Å². The predicted octanol–water partition coefficient (Wildman–Crippen LogP) is 6.42. The number of aromatic amines is 2. The number of benzene rings is 1. The van der Waals surface area contributed by atoms with Gasteiger partial charge in [-0.05, 0) is 42.1 Å². The Balaban J connectivity index is 1.37. The molecular formula is C27H23N7OS. The van der Waals surface area contributed by atoms with Crippen molar-refractivity contribution in [3.63, 3.8) is 0 Å². The van der Waals surface area contributed by atoms with Gasteiger partial charge in [0.25, 0.3) is 0 Å². The molecule has 3 N–H and O–H groups in total. The molecule has 0 bridgehead atoms. The van der Waals surface area contributed by atoms with Crippen LogP contribution in [-0.2, 0) is 4.79 Å². The molecule has 0 radical (unpaired) electrons. The highest BCUT2D eigenvalue weighted by atomic mass is 32.1. The molecule has 178 valence electrons. The van der Waals surface area contributed by atoms with E-state index >= 15 is 0 Å². The monoisotopic (exact) mass is 493 g/mol. The number of nitrogens with one attached hydrogen (secondary N) is 3. The number of carbonyl (C=O) groups is 1. The molecule has 1 amide bonds. The lowest BCUT2D eigenvalue weighted by molar-refractivity contribution is -0.116. The van der Waals surface area contributed by atoms with Gasteiger partial charge in [0, 0.05) is 28.6 Å². The maximum absolute atomic E-state index is 12.2. The Morgan fingerprint density at radius 3 is 2.83 bits per heavy atom. The lowest BCUT2D eigenvalue weighted by Crippen LogP contribution is -2.11. The average molecular weight is 494 g/mol. The van der Waals surface area contributed by atoms with Gasteiger partial charge in [-0.25, -0.2) is 9.97 Å². The number of hydrogen-bond acceptors (Lipinski definition) is 6. The lowest BCUT2D eigenvalue weighted by atomic mass is 10.1. The third-order valence-electron chi connectivity index (χ3n) is 6.01. The van der Waals surface area contributed by atoms with Crippen molar-refractivity contribution in [2.75, 3.05) is 5.32 Å². The van der Waals surface area contributed by atoms with Gasteiger partial charge >= 0.3 is 0 Å². The SMILES string of the molecule is CCCCC(=O)Nc1cncc(-c2ccc3[nH]nc(-c4nc5c(-c6cccs6)cccc5[nH]4)c3n2)c1. The molecule has 0 aliphatic carbocycles. The van der Waals surface area contributed by atoms with E-state index in [-0.39, 0.29) is 5.91 Å². The van der Waals surface area contributed by atoms with Crippen LogP contribution in [0.15, 0.2) is 66.3 Å². The Morgan fingerprint density at radius 1 is 1.03 bits per heavy atom. The first kappa shape index (κ1) is 22.1. The smallest absolute Gasteiger partial charge is 0.224 e. The highest BCUT2D eigenvalue weighted by Crippen LogP contribution is 2.33. The van der Waals surface area contributed by atoms with Crippen molar-refractivity contribution in [3.8, 4) is 33.2 Å². The van der Waals surface area contributed by atoms with E-state index in [1.54, 1.807) is 23.7 Å². The summed E-state index contributed by atoms with van der Waals surface area (Å²) in [6, 6.07) is 16.0. The van der Waals surface area contributed by atoms with E-state index in [0.717, 1.165) is 46.2 Å². The number of para-hydroxylation sites is 1. The highest BCUT2D eigenvalue weighted by Gasteiger charge is 2.17. The van der Waals surface area contributed by atoms with Gasteiger partial charge in [0.1, 0.15) is 5.52 Å². The zero-order valence-electron chi connectivity index (χ0n) is 19.6. The molecule has 0 aliphatic heterocycles. The second kappa shape index (κ2) is 9.35. The maximum atomic E-state index is 12.2. The molecule has 6 rings (SSSR count). The van der Waals surface area contributed by atoms with Crippen LogP contribution in [0.25, 0.3) is 55.3 Å². The molecule has 0 unspecified atom stereocenters. The molecule has 0 atom stereocenters. The summed E-state index contributed by atoms with van der Waals surface area (Å²) in [4.78, 5) is 30.8. The molecule has 0 fully saturated rings. The van der Waals surface area contributed by atoms with Crippen molar-refractivity contribution in [1.29, 1.82) is 0 Å². The second-order valence-corrected chi connectivity index (χ2v) is 9.49. The molecule has 5 heterocycles. The summed E-state index contributed by atoms with van der Waals surface area (Å²) < 4.78 is 0. The van der Waals surface area contributed by atoms with E-state index in [9.17, 15) is 4.79 Å². The summed E-state index contributed by atoms with van der Waals surface area (Å²) in [5.41, 5.74) is 7.30. The topological polar surface area (TPSA) is 112 Å². The van der Waals surface area contributed by atoms with Crippen LogP contribution in [0.1, 0.15) is 26.2 Å². The fourth-order valence-corrected chi connectivity index (χ4v) is 4.96. The number of rotatable bonds is 7. The minimum Gasteiger partial charge on any atom is -0.336 e. The summed E-state index contributed by atoms with van der Waals surface area (Å²) in [5.74, 6) is 0.642. The zero-order valence-corrected chi connectivity index (χ0v) is 20.4. The number of unbranched alkanes of at least 4 members (excludes halogenated alkanes) is 1. The van der Waals surface area contributed by atoms with Crippen LogP contribution in [0.5, 0.6) is 0 Å². The van der Waals surface area contributed by atoms with Crippen molar-refractivity contribution in [2.45, 2.75) is 26.2 Å². The van der Waals surface area contributed by atoms with Gasteiger partial charge in [-0.15, -0.1) is 11.3 Å². The number of H-pyrrole nitrogens is 2. The van der Waals surface area contributed by atoms with E-state index in [4.69, 9.17) is 9.97 Å². The fourth-order valence-electron chi connectivity index (χ4n) is 4.21. The van der Waals surface area contributed by atoms with E-state index in [0.29, 0.717) is 29.1 Å². The van der Waals surface area contributed by atoms with Crippen LogP contribution < -0.4 is 5.32 Å². The number of nitrogens with zero attached hydrogens (tertiary/aromatic N) is 4. The van der Waals surface area contributed by atoms with E-state index in [2.05, 4.69) is 49.9 Å². The summed E-state index contributed by atoms with van der Waals surface area (Å²) in [5, 5.41) is 12.6. The number of amides is 1. The van der Waals surface area contributed by atoms with Crippen molar-refractivity contribution in [3.05, 3.63) is 66.3 Å². The van der Waals surface area contributed by atoms with Crippen LogP contribution >= 0.6 is 11.3 Å². The normalized spacial score (nSPS) is 11.4. The van der Waals surface area contributed by atoms with Crippen LogP contribution in [0, 0.1) is 0 Å². The minimum absolute atomic E-state index is 0.0110. The largest absolute Gasteiger partial charge is 0.336 e. The summed E-state index contributed by atoms with van der Waals surface area (Å²) in [6.07, 6.45) is 5.72. The highest BCUT2D eigenvalue weighted by molar-refractivity contribution is 7.13. The average Bonchev–Trinajstić information content (AvgIpc) is 3.66. The third-order valence-corrected chi connectivity index (χ3v) is 6.91. The van der Waals surface area contributed by atoms with Gasteiger partial charge in [-0.2, -0.15) is 5.10 Å². The number of imidazole rings is 1. The number of thiophene rings is 1. The van der Waals surface area contributed by atoms with Crippen molar-refractivity contribution in [1.82, 2.24) is 30.1 Å². The summed E-state index contributed by atoms with van der Waals surface area (Å²) in [6.45, 7) is 2.06. The van der Waals surface area contributed by atoms with E-state index in [1.807, 2.05) is 36.4 Å². The fraction of sp³-hybridized carbons (Fsp3) is 0.148. The molecule has 0 saturated heterocycles. The Hall–Kier alpha value is -4.37. The van der Waals surface area contributed by atoms with Crippen molar-refractivity contribution in [2.24, 2.45) is 0 Å². The number of fused-ring (bicyclic) bond motifs is 2. The number of aromatic nitrogens is 6. The number of anilines is 1. The van der Waals surface area contributed by atoms with E-state index in [1.165, 1.54) is 4.88 Å². The van der Waals surface area contributed by atoms with Crippen molar-refractivity contribution < 1.29 is 4.79 Å². The van der Waals surface area contributed by atoms with Crippen molar-refractivity contribution >= 4 is 45.0 Å². The second-order valence-electron chi connectivity index (χ2n) is 8.54. The summed E-state index contributed by atoms with van der Waals surface area (Å²) in [7, 11) is 0. The molecule has 6 aromatic rings. The molecule has 1 aromatic carbocycles. The third kappa shape index (κ3) is 4.14. The molecular weight excluding hydrogens is 470 g/mol. The zero-order chi connectivity index (χ0) is 24.5. The van der Waals surface area contributed by atoms with Gasteiger partial charge in [0.05, 0.1) is 34.1 Å². The van der Waals surface area contributed by atoms with Gasteiger partial charge < -0.3 is 10.3 Å². The number of carbonyl (C=O) groups excluding carboxylic acids is 1. The molecule has 0 spiro atoms. The van der Waals surface area contributed by atoms with Gasteiger partial charge in [-0.3, -0.25) is 14.9 Å². The van der Waals surface area contributed by atoms with Crippen LogP contribution in [0.3, 0.4) is 0 Å². The summed E-state index contributed by atoms with van der Waals surface area (Å²) >= 11 is 1.69. The Bertz CT molecular complexity index is 1680. The molecule has 0 saturated carbocycles. The molecule has 0 aliphatic rings.